The summed E-state index contributed by atoms with van der Waals surface area (Å²) in [5.41, 5.74) is 1.81. The molecule has 3 heteroatoms. The third-order valence-electron chi connectivity index (χ3n) is 3.18. The predicted molar refractivity (Wildman–Crippen MR) is 74.3 cm³/mol. The molecule has 1 aromatic rings. The van der Waals surface area contributed by atoms with E-state index in [-0.39, 0.29) is 0 Å². The predicted octanol–water partition coefficient (Wildman–Crippen LogP) is 3.64. The minimum atomic E-state index is 0.564. The van der Waals surface area contributed by atoms with Crippen LogP contribution in [0, 0.1) is 11.3 Å². The molecule has 1 N–H and O–H groups in total. The molecule has 0 spiro atoms. The molecule has 1 aromatic carbocycles. The van der Waals surface area contributed by atoms with Crippen LogP contribution in [0.2, 0.25) is 0 Å². The summed E-state index contributed by atoms with van der Waals surface area (Å²) in [7, 11) is 0. The maximum Gasteiger partial charge on any atom is 0.0992 e. The lowest BCUT2D eigenvalue weighted by molar-refractivity contribution is 0.768. The van der Waals surface area contributed by atoms with Crippen LogP contribution in [-0.2, 0) is 0 Å². The van der Waals surface area contributed by atoms with Crippen LogP contribution in [0.5, 0.6) is 0 Å². The van der Waals surface area contributed by atoms with Crippen molar-refractivity contribution in [3.05, 3.63) is 29.8 Å². The van der Waals surface area contributed by atoms with Crippen LogP contribution in [0.1, 0.15) is 31.7 Å². The van der Waals surface area contributed by atoms with Gasteiger partial charge in [0.1, 0.15) is 0 Å². The fourth-order valence-corrected chi connectivity index (χ4v) is 3.60. The molecule has 2 nitrogen and oxygen atoms in total. The maximum atomic E-state index is 8.88. The molecule has 0 bridgehead atoms. The number of nitrogens with zero attached hydrogens (tertiary/aromatic N) is 1. The standard InChI is InChI=1S/C14H18N2S/c1-2-17-14-8-4-7-13(14)16-12-6-3-5-11(9-12)10-15/h3,5-6,9,13-14,16H,2,4,7-8H2,1H3. The number of nitriles is 1. The molecule has 0 aromatic heterocycles. The van der Waals surface area contributed by atoms with E-state index in [1.54, 1.807) is 0 Å². The Hall–Kier alpha value is -1.14. The molecule has 0 aliphatic heterocycles. The fraction of sp³-hybridized carbons (Fsp3) is 0.500. The van der Waals surface area contributed by atoms with Crippen LogP contribution in [0.25, 0.3) is 0 Å². The van der Waals surface area contributed by atoms with Gasteiger partial charge in [-0.15, -0.1) is 0 Å². The molecule has 2 rings (SSSR count). The summed E-state index contributed by atoms with van der Waals surface area (Å²) >= 11 is 2.05. The summed E-state index contributed by atoms with van der Waals surface area (Å²) in [6, 6.07) is 10.5. The van der Waals surface area contributed by atoms with Gasteiger partial charge in [0.05, 0.1) is 11.6 Å². The largest absolute Gasteiger partial charge is 0.381 e. The molecule has 0 radical (unpaired) electrons. The molecule has 1 fully saturated rings. The summed E-state index contributed by atoms with van der Waals surface area (Å²) in [6.07, 6.45) is 3.87. The van der Waals surface area contributed by atoms with Crippen molar-refractivity contribution >= 4 is 17.4 Å². The molecule has 1 saturated carbocycles. The van der Waals surface area contributed by atoms with Crippen LogP contribution in [-0.4, -0.2) is 17.0 Å². The topological polar surface area (TPSA) is 35.8 Å². The van der Waals surface area contributed by atoms with Crippen molar-refractivity contribution in [3.8, 4) is 6.07 Å². The molecule has 17 heavy (non-hydrogen) atoms. The van der Waals surface area contributed by atoms with E-state index in [4.69, 9.17) is 5.26 Å². The van der Waals surface area contributed by atoms with Gasteiger partial charge in [0, 0.05) is 17.0 Å². The molecule has 0 amide bonds. The van der Waals surface area contributed by atoms with E-state index in [0.717, 1.165) is 16.5 Å². The Balaban J connectivity index is 2.02. The molecule has 1 aliphatic rings. The van der Waals surface area contributed by atoms with Crippen LogP contribution in [0.15, 0.2) is 24.3 Å². The Bertz CT molecular complexity index is 411. The van der Waals surface area contributed by atoms with E-state index < -0.39 is 0 Å². The van der Waals surface area contributed by atoms with Crippen molar-refractivity contribution in [3.63, 3.8) is 0 Å². The summed E-state index contributed by atoms with van der Waals surface area (Å²) in [4.78, 5) is 0. The SMILES string of the molecule is CCSC1CCCC1Nc1cccc(C#N)c1. The van der Waals surface area contributed by atoms with E-state index in [9.17, 15) is 0 Å². The number of benzene rings is 1. The van der Waals surface area contributed by atoms with E-state index in [0.29, 0.717) is 6.04 Å². The lowest BCUT2D eigenvalue weighted by Crippen LogP contribution is -2.26. The fourth-order valence-electron chi connectivity index (χ4n) is 2.40. The highest BCUT2D eigenvalue weighted by Crippen LogP contribution is 2.32. The Morgan fingerprint density at radius 1 is 1.47 bits per heavy atom. The minimum absolute atomic E-state index is 0.564. The number of anilines is 1. The van der Waals surface area contributed by atoms with Crippen molar-refractivity contribution in [2.75, 3.05) is 11.1 Å². The van der Waals surface area contributed by atoms with Crippen molar-refractivity contribution in [2.24, 2.45) is 0 Å². The van der Waals surface area contributed by atoms with Gasteiger partial charge in [0.2, 0.25) is 0 Å². The smallest absolute Gasteiger partial charge is 0.0992 e. The second-order valence-corrected chi connectivity index (χ2v) is 5.88. The molecule has 0 saturated heterocycles. The number of rotatable bonds is 4. The van der Waals surface area contributed by atoms with E-state index in [2.05, 4.69) is 18.3 Å². The zero-order chi connectivity index (χ0) is 12.1. The van der Waals surface area contributed by atoms with Crippen LogP contribution >= 0.6 is 11.8 Å². The van der Waals surface area contributed by atoms with Crippen molar-refractivity contribution in [1.29, 1.82) is 5.26 Å². The number of hydrogen-bond donors (Lipinski definition) is 1. The molecule has 2 atom stereocenters. The van der Waals surface area contributed by atoms with Crippen molar-refractivity contribution in [2.45, 2.75) is 37.5 Å². The first-order valence-corrected chi connectivity index (χ1v) is 7.26. The van der Waals surface area contributed by atoms with Gasteiger partial charge < -0.3 is 5.32 Å². The minimum Gasteiger partial charge on any atom is -0.381 e. The Kier molecular flexibility index (Phi) is 4.33. The summed E-state index contributed by atoms with van der Waals surface area (Å²) in [5.74, 6) is 1.18. The van der Waals surface area contributed by atoms with E-state index >= 15 is 0 Å². The highest BCUT2D eigenvalue weighted by molar-refractivity contribution is 7.99. The third-order valence-corrected chi connectivity index (χ3v) is 4.50. The quantitative estimate of drug-likeness (QED) is 0.881. The third kappa shape index (κ3) is 3.17. The average Bonchev–Trinajstić information content (AvgIpc) is 2.78. The van der Waals surface area contributed by atoms with Gasteiger partial charge in [-0.25, -0.2) is 0 Å². The van der Waals surface area contributed by atoms with E-state index in [1.165, 1.54) is 25.0 Å². The molecule has 2 unspecified atom stereocenters. The normalized spacial score (nSPS) is 23.3. The molecule has 0 heterocycles. The first-order chi connectivity index (χ1) is 8.33. The highest BCUT2D eigenvalue weighted by Gasteiger charge is 2.26. The molecule has 1 aliphatic carbocycles. The molecular weight excluding hydrogens is 228 g/mol. The van der Waals surface area contributed by atoms with Crippen LogP contribution in [0.3, 0.4) is 0 Å². The Morgan fingerprint density at radius 2 is 2.35 bits per heavy atom. The zero-order valence-electron chi connectivity index (χ0n) is 10.1. The lowest BCUT2D eigenvalue weighted by atomic mass is 10.2. The van der Waals surface area contributed by atoms with Gasteiger partial charge in [-0.05, 0) is 36.8 Å². The second-order valence-electron chi connectivity index (χ2n) is 4.37. The average molecular weight is 246 g/mol. The number of thioether (sulfide) groups is 1. The summed E-state index contributed by atoms with van der Waals surface area (Å²) in [5, 5.41) is 13.2. The van der Waals surface area contributed by atoms with Gasteiger partial charge >= 0.3 is 0 Å². The van der Waals surface area contributed by atoms with Gasteiger partial charge in [-0.2, -0.15) is 17.0 Å². The highest BCUT2D eigenvalue weighted by atomic mass is 32.2. The Labute approximate surface area is 107 Å². The monoisotopic (exact) mass is 246 g/mol. The second kappa shape index (κ2) is 5.97. The van der Waals surface area contributed by atoms with Crippen molar-refractivity contribution in [1.82, 2.24) is 0 Å². The summed E-state index contributed by atoms with van der Waals surface area (Å²) < 4.78 is 0. The zero-order valence-corrected chi connectivity index (χ0v) is 11.0. The van der Waals surface area contributed by atoms with Gasteiger partial charge in [0.25, 0.3) is 0 Å². The molecule has 90 valence electrons. The first kappa shape index (κ1) is 12.3. The van der Waals surface area contributed by atoms with Crippen LogP contribution < -0.4 is 5.32 Å². The first-order valence-electron chi connectivity index (χ1n) is 6.21. The lowest BCUT2D eigenvalue weighted by Gasteiger charge is -2.21. The van der Waals surface area contributed by atoms with E-state index in [1.807, 2.05) is 36.0 Å². The summed E-state index contributed by atoms with van der Waals surface area (Å²) in [6.45, 7) is 2.22. The maximum absolute atomic E-state index is 8.88. The van der Waals surface area contributed by atoms with Gasteiger partial charge in [-0.1, -0.05) is 19.4 Å². The van der Waals surface area contributed by atoms with Crippen molar-refractivity contribution < 1.29 is 0 Å². The van der Waals surface area contributed by atoms with Gasteiger partial charge in [-0.3, -0.25) is 0 Å². The van der Waals surface area contributed by atoms with Gasteiger partial charge in [0.15, 0.2) is 0 Å². The van der Waals surface area contributed by atoms with Crippen LogP contribution in [0.4, 0.5) is 5.69 Å². The Morgan fingerprint density at radius 3 is 3.12 bits per heavy atom. The number of hydrogen-bond acceptors (Lipinski definition) is 3. The molecular formula is C14H18N2S. The number of nitrogens with one attached hydrogen (secondary N) is 1.